The number of ketones is 1. The second kappa shape index (κ2) is 11.1. The number of piperidine rings is 1. The van der Waals surface area contributed by atoms with Gasteiger partial charge in [0.15, 0.2) is 17.1 Å². The molecule has 2 N–H and O–H groups in total. The molecule has 0 unspecified atom stereocenters. The average molecular weight is 606 g/mol. The molecule has 13 heteroatoms. The molecule has 44 heavy (non-hydrogen) atoms. The number of likely N-dealkylation sites (tertiary alicyclic amines) is 1. The molecule has 0 radical (unpaired) electrons. The van der Waals surface area contributed by atoms with Crippen molar-refractivity contribution in [2.24, 2.45) is 0 Å². The molecule has 0 saturated carbocycles. The topological polar surface area (TPSA) is 151 Å². The Morgan fingerprint density at radius 2 is 1.75 bits per heavy atom. The molecule has 12 nitrogen and oxygen atoms in total. The number of aromatic amines is 1. The largest absolute Gasteiger partial charge is 0.337 e. The summed E-state index contributed by atoms with van der Waals surface area (Å²) in [5, 5.41) is 18.1. The molecule has 220 valence electrons. The maximum atomic E-state index is 13.3. The van der Waals surface area contributed by atoms with Gasteiger partial charge in [0.05, 0.1) is 27.4 Å². The van der Waals surface area contributed by atoms with Crippen molar-refractivity contribution < 1.29 is 14.4 Å². The molecule has 6 aromatic rings. The molecular weight excluding hydrogens is 578 g/mol. The average Bonchev–Trinajstić information content (AvgIpc) is 3.79. The number of hydrogen-bond acceptors (Lipinski definition) is 9. The quantitative estimate of drug-likeness (QED) is 0.262. The third-order valence-electron chi connectivity index (χ3n) is 7.83. The summed E-state index contributed by atoms with van der Waals surface area (Å²) in [6.07, 6.45) is 1.45. The predicted molar refractivity (Wildman–Crippen MR) is 164 cm³/mol. The second-order valence-corrected chi connectivity index (χ2v) is 11.7. The van der Waals surface area contributed by atoms with Crippen LogP contribution in [0, 0.1) is 13.8 Å². The number of carbonyl (C=O) groups excluding carboxylic acids is 3. The summed E-state index contributed by atoms with van der Waals surface area (Å²) in [4.78, 5) is 53.0. The highest BCUT2D eigenvalue weighted by molar-refractivity contribution is 7.10. The Morgan fingerprint density at radius 1 is 0.955 bits per heavy atom. The fraction of sp³-hybridized carbons (Fsp3) is 0.226. The molecule has 5 heterocycles. The van der Waals surface area contributed by atoms with E-state index in [0.717, 1.165) is 23.5 Å². The third-order valence-corrected chi connectivity index (χ3v) is 8.83. The number of fused-ring (bicyclic) bond motifs is 2. The Bertz CT molecular complexity index is 2060. The van der Waals surface area contributed by atoms with Gasteiger partial charge in [-0.3, -0.25) is 19.7 Å². The number of aromatic nitrogens is 7. The minimum Gasteiger partial charge on any atom is -0.337 e. The fourth-order valence-electron chi connectivity index (χ4n) is 5.47. The van der Waals surface area contributed by atoms with E-state index in [1.54, 1.807) is 45.1 Å². The van der Waals surface area contributed by atoms with Crippen molar-refractivity contribution in [2.75, 3.05) is 18.4 Å². The van der Waals surface area contributed by atoms with E-state index in [1.165, 1.54) is 11.3 Å². The van der Waals surface area contributed by atoms with E-state index >= 15 is 0 Å². The number of imidazole rings is 1. The third kappa shape index (κ3) is 5.11. The molecule has 1 fully saturated rings. The number of hydrogen-bond donors (Lipinski definition) is 2. The summed E-state index contributed by atoms with van der Waals surface area (Å²) in [7, 11) is 0. The van der Waals surface area contributed by atoms with Crippen LogP contribution in [0.4, 0.5) is 5.95 Å². The van der Waals surface area contributed by atoms with Gasteiger partial charge >= 0.3 is 0 Å². The molecule has 0 bridgehead atoms. The van der Waals surface area contributed by atoms with E-state index < -0.39 is 0 Å². The van der Waals surface area contributed by atoms with Gasteiger partial charge < -0.3 is 9.88 Å². The lowest BCUT2D eigenvalue weighted by molar-refractivity contribution is 0.0703. The van der Waals surface area contributed by atoms with Crippen LogP contribution in [-0.2, 0) is 0 Å². The molecule has 0 atom stereocenters. The summed E-state index contributed by atoms with van der Waals surface area (Å²) in [6, 6.07) is 16.1. The van der Waals surface area contributed by atoms with Crippen molar-refractivity contribution in [3.8, 4) is 0 Å². The standard InChI is InChI=1S/C31H27N9O3S/c1-17-14-25-36-37-26(18(2)40(25)38-17)30(43)39-12-10-20(11-13-39)29-32-24(16-44-29)28(42)35-31-33-22-9-8-21(15-23(22)34-31)27(41)19-6-4-3-5-7-19/h3-9,14-16,20H,10-13H2,1-2H3,(H2,33,34,35,42). The minimum atomic E-state index is -0.377. The number of thiazole rings is 1. The van der Waals surface area contributed by atoms with E-state index in [2.05, 4.69) is 35.6 Å². The van der Waals surface area contributed by atoms with Gasteiger partial charge in [-0.05, 0) is 44.9 Å². The predicted octanol–water partition coefficient (Wildman–Crippen LogP) is 4.58. The molecule has 2 amide bonds. The van der Waals surface area contributed by atoms with Gasteiger partial charge in [0.2, 0.25) is 5.95 Å². The molecule has 1 saturated heterocycles. The highest BCUT2D eigenvalue weighted by atomic mass is 32.1. The van der Waals surface area contributed by atoms with Crippen LogP contribution < -0.4 is 5.32 Å². The lowest BCUT2D eigenvalue weighted by Gasteiger charge is -2.31. The van der Waals surface area contributed by atoms with Crippen LogP contribution in [0.15, 0.2) is 60.0 Å². The zero-order valence-electron chi connectivity index (χ0n) is 23.9. The maximum absolute atomic E-state index is 13.3. The van der Waals surface area contributed by atoms with Crippen molar-refractivity contribution in [3.63, 3.8) is 0 Å². The number of nitrogens with one attached hydrogen (secondary N) is 2. The SMILES string of the molecule is Cc1cc2nnc(C(=O)N3CCC(c4nc(C(=O)Nc5nc6ccc(C(=O)c7ccccc7)cc6[nH]5)cs4)CC3)c(C)n2n1. The highest BCUT2D eigenvalue weighted by Gasteiger charge is 2.29. The van der Waals surface area contributed by atoms with Crippen LogP contribution in [0.5, 0.6) is 0 Å². The Morgan fingerprint density at radius 3 is 2.55 bits per heavy atom. The van der Waals surface area contributed by atoms with Crippen LogP contribution >= 0.6 is 11.3 Å². The van der Waals surface area contributed by atoms with Gasteiger partial charge in [-0.15, -0.1) is 21.5 Å². The Kier molecular flexibility index (Phi) is 6.93. The lowest BCUT2D eigenvalue weighted by atomic mass is 9.97. The Balaban J connectivity index is 0.985. The summed E-state index contributed by atoms with van der Waals surface area (Å²) in [5.74, 6) is -0.214. The number of nitrogens with zero attached hydrogens (tertiary/aromatic N) is 7. The highest BCUT2D eigenvalue weighted by Crippen LogP contribution is 2.31. The van der Waals surface area contributed by atoms with E-state index in [1.807, 2.05) is 38.1 Å². The van der Waals surface area contributed by atoms with Crippen molar-refractivity contribution in [1.29, 1.82) is 0 Å². The van der Waals surface area contributed by atoms with E-state index in [4.69, 9.17) is 0 Å². The van der Waals surface area contributed by atoms with Crippen molar-refractivity contribution in [3.05, 3.63) is 98.9 Å². The number of amides is 2. The molecule has 2 aromatic carbocycles. The van der Waals surface area contributed by atoms with Gasteiger partial charge in [-0.1, -0.05) is 30.3 Å². The number of rotatable bonds is 6. The summed E-state index contributed by atoms with van der Waals surface area (Å²) < 4.78 is 1.65. The Hall–Kier alpha value is -5.30. The number of benzene rings is 2. The van der Waals surface area contributed by atoms with Gasteiger partial charge in [-0.2, -0.15) is 5.10 Å². The van der Waals surface area contributed by atoms with Crippen LogP contribution in [0.25, 0.3) is 16.7 Å². The molecular formula is C31H27N9O3S. The van der Waals surface area contributed by atoms with Gasteiger partial charge in [-0.25, -0.2) is 14.5 Å². The Labute approximate surface area is 255 Å². The normalized spacial score (nSPS) is 13.9. The van der Waals surface area contributed by atoms with Crippen LogP contribution in [-0.4, -0.2) is 70.4 Å². The lowest BCUT2D eigenvalue weighted by Crippen LogP contribution is -2.39. The second-order valence-electron chi connectivity index (χ2n) is 10.8. The number of aryl methyl sites for hydroxylation is 2. The maximum Gasteiger partial charge on any atom is 0.277 e. The molecule has 4 aromatic heterocycles. The first-order valence-corrected chi connectivity index (χ1v) is 15.1. The zero-order chi connectivity index (χ0) is 30.4. The molecule has 1 aliphatic heterocycles. The fourth-order valence-corrected chi connectivity index (χ4v) is 6.44. The monoisotopic (exact) mass is 605 g/mol. The zero-order valence-corrected chi connectivity index (χ0v) is 24.8. The van der Waals surface area contributed by atoms with Crippen molar-refractivity contribution >= 4 is 51.6 Å². The first kappa shape index (κ1) is 27.5. The van der Waals surface area contributed by atoms with Crippen molar-refractivity contribution in [2.45, 2.75) is 32.6 Å². The number of H-pyrrole nitrogens is 1. The first-order chi connectivity index (χ1) is 21.3. The van der Waals surface area contributed by atoms with Gasteiger partial charge in [0.25, 0.3) is 11.8 Å². The van der Waals surface area contributed by atoms with Gasteiger partial charge in [0.1, 0.15) is 5.69 Å². The van der Waals surface area contributed by atoms with E-state index in [9.17, 15) is 14.4 Å². The molecule has 7 rings (SSSR count). The minimum absolute atomic E-state index is 0.0903. The molecule has 0 spiro atoms. The molecule has 0 aliphatic carbocycles. The van der Waals surface area contributed by atoms with E-state index in [0.29, 0.717) is 58.0 Å². The first-order valence-electron chi connectivity index (χ1n) is 14.2. The summed E-state index contributed by atoms with van der Waals surface area (Å²) in [6.45, 7) is 4.80. The molecule has 1 aliphatic rings. The van der Waals surface area contributed by atoms with Crippen LogP contribution in [0.1, 0.15) is 72.1 Å². The van der Waals surface area contributed by atoms with Crippen molar-refractivity contribution in [1.82, 2.24) is 39.7 Å². The number of anilines is 1. The smallest absolute Gasteiger partial charge is 0.277 e. The van der Waals surface area contributed by atoms with Gasteiger partial charge in [0, 0.05) is 41.6 Å². The van der Waals surface area contributed by atoms with Crippen LogP contribution in [0.3, 0.4) is 0 Å². The summed E-state index contributed by atoms with van der Waals surface area (Å²) in [5.41, 5.74) is 5.10. The number of carbonyl (C=O) groups is 3. The summed E-state index contributed by atoms with van der Waals surface area (Å²) >= 11 is 1.44. The van der Waals surface area contributed by atoms with Crippen LogP contribution in [0.2, 0.25) is 0 Å². The van der Waals surface area contributed by atoms with E-state index in [-0.39, 0.29) is 29.5 Å².